The van der Waals surface area contributed by atoms with Crippen molar-refractivity contribution in [2.45, 2.75) is 18.6 Å². The maximum atomic E-state index is 5.84. The molecule has 2 unspecified atom stereocenters. The standard InChI is InChI=1S/C25H25N5OS/c1-28(2)18-10-12-19(13-11-18)30-24(23(27-25(30)32)21-8-3-4-14-26-21)22-9-5-15-29(22)17-20-7-6-16-31-20/h3-16,23-24H,17H2,1-2H3,(H,27,32). The van der Waals surface area contributed by atoms with Crippen LogP contribution < -0.4 is 15.1 Å². The van der Waals surface area contributed by atoms with Crippen molar-refractivity contribution in [3.63, 3.8) is 0 Å². The molecule has 4 heterocycles. The van der Waals surface area contributed by atoms with Crippen molar-refractivity contribution in [3.8, 4) is 0 Å². The first-order valence-corrected chi connectivity index (χ1v) is 11.0. The van der Waals surface area contributed by atoms with Gasteiger partial charge in [0, 0.05) is 43.6 Å². The Labute approximate surface area is 193 Å². The normalized spacial score (nSPS) is 18.1. The van der Waals surface area contributed by atoms with Gasteiger partial charge in [0.1, 0.15) is 11.8 Å². The molecule has 1 aliphatic heterocycles. The lowest BCUT2D eigenvalue weighted by molar-refractivity contribution is 0.475. The maximum Gasteiger partial charge on any atom is 0.174 e. The molecule has 1 aliphatic rings. The Bertz CT molecular complexity index is 1180. The molecule has 3 aromatic heterocycles. The zero-order valence-corrected chi connectivity index (χ0v) is 18.9. The zero-order valence-electron chi connectivity index (χ0n) is 18.1. The van der Waals surface area contributed by atoms with Gasteiger partial charge in [-0.3, -0.25) is 4.98 Å². The van der Waals surface area contributed by atoms with Crippen LogP contribution >= 0.6 is 12.2 Å². The van der Waals surface area contributed by atoms with Crippen LogP contribution in [0.4, 0.5) is 11.4 Å². The second kappa shape index (κ2) is 8.51. The molecule has 1 saturated heterocycles. The predicted octanol–water partition coefficient (Wildman–Crippen LogP) is 4.77. The summed E-state index contributed by atoms with van der Waals surface area (Å²) in [6.45, 7) is 0.654. The fourth-order valence-electron chi connectivity index (χ4n) is 4.26. The highest BCUT2D eigenvalue weighted by atomic mass is 32.1. The summed E-state index contributed by atoms with van der Waals surface area (Å²) >= 11 is 5.84. The van der Waals surface area contributed by atoms with E-state index < -0.39 is 0 Å². The van der Waals surface area contributed by atoms with Gasteiger partial charge in [-0.1, -0.05) is 6.07 Å². The molecule has 7 heteroatoms. The molecule has 0 saturated carbocycles. The lowest BCUT2D eigenvalue weighted by Gasteiger charge is -2.29. The van der Waals surface area contributed by atoms with E-state index in [0.717, 1.165) is 28.5 Å². The Balaban J connectivity index is 1.58. The number of anilines is 2. The van der Waals surface area contributed by atoms with Gasteiger partial charge in [0.15, 0.2) is 5.11 Å². The fraction of sp³-hybridized carbons (Fsp3) is 0.200. The van der Waals surface area contributed by atoms with Crippen LogP contribution in [0.5, 0.6) is 0 Å². The number of benzene rings is 1. The van der Waals surface area contributed by atoms with E-state index in [2.05, 4.69) is 67.3 Å². The monoisotopic (exact) mass is 443 g/mol. The van der Waals surface area contributed by atoms with Crippen molar-refractivity contribution >= 4 is 28.7 Å². The average Bonchev–Trinajstić information content (AvgIpc) is 3.55. The van der Waals surface area contributed by atoms with Gasteiger partial charge >= 0.3 is 0 Å². The minimum atomic E-state index is -0.0810. The van der Waals surface area contributed by atoms with E-state index >= 15 is 0 Å². The maximum absolute atomic E-state index is 5.84. The van der Waals surface area contributed by atoms with Crippen LogP contribution in [0.3, 0.4) is 0 Å². The molecule has 0 radical (unpaired) electrons. The van der Waals surface area contributed by atoms with Gasteiger partial charge in [-0.2, -0.15) is 0 Å². The van der Waals surface area contributed by atoms with Gasteiger partial charge in [0.2, 0.25) is 0 Å². The molecular weight excluding hydrogens is 418 g/mol. The van der Waals surface area contributed by atoms with Crippen molar-refractivity contribution in [2.24, 2.45) is 0 Å². The molecule has 4 aromatic rings. The molecule has 2 atom stereocenters. The summed E-state index contributed by atoms with van der Waals surface area (Å²) in [5.74, 6) is 0.909. The number of hydrogen-bond donors (Lipinski definition) is 1. The summed E-state index contributed by atoms with van der Waals surface area (Å²) in [7, 11) is 4.08. The Kier molecular flexibility index (Phi) is 5.41. The molecule has 162 valence electrons. The minimum Gasteiger partial charge on any atom is -0.467 e. The molecule has 5 rings (SSSR count). The summed E-state index contributed by atoms with van der Waals surface area (Å²) in [6.07, 6.45) is 5.62. The molecule has 0 amide bonds. The van der Waals surface area contributed by atoms with E-state index in [9.17, 15) is 0 Å². The third-order valence-electron chi connectivity index (χ3n) is 5.82. The van der Waals surface area contributed by atoms with Gasteiger partial charge in [-0.15, -0.1) is 0 Å². The molecule has 1 aromatic carbocycles. The molecule has 32 heavy (non-hydrogen) atoms. The average molecular weight is 444 g/mol. The van der Waals surface area contributed by atoms with Crippen LogP contribution in [-0.2, 0) is 6.54 Å². The molecule has 1 fully saturated rings. The number of thiocarbonyl (C=S) groups is 1. The van der Waals surface area contributed by atoms with Crippen molar-refractivity contribution in [1.29, 1.82) is 0 Å². The van der Waals surface area contributed by atoms with Gasteiger partial charge in [-0.25, -0.2) is 0 Å². The van der Waals surface area contributed by atoms with Gasteiger partial charge in [0.25, 0.3) is 0 Å². The van der Waals surface area contributed by atoms with Crippen molar-refractivity contribution in [1.82, 2.24) is 14.9 Å². The van der Waals surface area contributed by atoms with Gasteiger partial charge in [-0.05, 0) is 72.9 Å². The fourth-order valence-corrected chi connectivity index (χ4v) is 4.60. The van der Waals surface area contributed by atoms with Gasteiger partial charge in [0.05, 0.1) is 24.5 Å². The Morgan fingerprint density at radius 2 is 1.88 bits per heavy atom. The Hall–Kier alpha value is -3.58. The summed E-state index contributed by atoms with van der Waals surface area (Å²) in [6, 6.07) is 22.5. The number of hydrogen-bond acceptors (Lipinski definition) is 4. The number of furan rings is 1. The van der Waals surface area contributed by atoms with Crippen LogP contribution in [-0.4, -0.2) is 28.8 Å². The number of pyridine rings is 1. The highest BCUT2D eigenvalue weighted by molar-refractivity contribution is 7.80. The molecule has 0 spiro atoms. The summed E-state index contributed by atoms with van der Waals surface area (Å²) in [4.78, 5) is 8.93. The first-order valence-electron chi connectivity index (χ1n) is 10.6. The number of nitrogens with zero attached hydrogens (tertiary/aromatic N) is 4. The SMILES string of the molecule is CN(C)c1ccc(N2C(=S)NC(c3ccccn3)C2c2cccn2Cc2ccco2)cc1. The molecule has 1 N–H and O–H groups in total. The largest absolute Gasteiger partial charge is 0.467 e. The Morgan fingerprint density at radius 1 is 1.03 bits per heavy atom. The third-order valence-corrected chi connectivity index (χ3v) is 6.13. The smallest absolute Gasteiger partial charge is 0.174 e. The van der Waals surface area contributed by atoms with E-state index in [1.165, 1.54) is 0 Å². The van der Waals surface area contributed by atoms with Crippen LogP contribution in [0.1, 0.15) is 29.2 Å². The first-order chi connectivity index (χ1) is 15.6. The van der Waals surface area contributed by atoms with Crippen LogP contribution in [0.15, 0.2) is 89.8 Å². The van der Waals surface area contributed by atoms with Crippen molar-refractivity contribution < 1.29 is 4.42 Å². The van der Waals surface area contributed by atoms with E-state index in [0.29, 0.717) is 11.7 Å². The topological polar surface area (TPSA) is 49.5 Å². The Morgan fingerprint density at radius 3 is 2.56 bits per heavy atom. The third kappa shape index (κ3) is 3.76. The summed E-state index contributed by atoms with van der Waals surface area (Å²) < 4.78 is 7.83. The lowest BCUT2D eigenvalue weighted by Crippen LogP contribution is -2.30. The van der Waals surface area contributed by atoms with E-state index in [1.54, 1.807) is 6.26 Å². The number of rotatable bonds is 6. The molecule has 6 nitrogen and oxygen atoms in total. The lowest BCUT2D eigenvalue weighted by atomic mass is 10.0. The van der Waals surface area contributed by atoms with Crippen molar-refractivity contribution in [3.05, 3.63) is 103 Å². The summed E-state index contributed by atoms with van der Waals surface area (Å²) in [5.41, 5.74) is 4.28. The molecular formula is C25H25N5OS. The van der Waals surface area contributed by atoms with Crippen LogP contribution in [0.2, 0.25) is 0 Å². The first kappa shape index (κ1) is 20.3. The van der Waals surface area contributed by atoms with E-state index in [-0.39, 0.29) is 12.1 Å². The predicted molar refractivity (Wildman–Crippen MR) is 131 cm³/mol. The minimum absolute atomic E-state index is 0.0624. The summed E-state index contributed by atoms with van der Waals surface area (Å²) in [5, 5.41) is 4.22. The second-order valence-electron chi connectivity index (χ2n) is 8.05. The quantitative estimate of drug-likeness (QED) is 0.433. The second-order valence-corrected chi connectivity index (χ2v) is 8.43. The van der Waals surface area contributed by atoms with Crippen LogP contribution in [0, 0.1) is 0 Å². The van der Waals surface area contributed by atoms with E-state index in [1.807, 2.05) is 50.6 Å². The number of nitrogens with one attached hydrogen (secondary N) is 1. The molecule has 0 bridgehead atoms. The van der Waals surface area contributed by atoms with E-state index in [4.69, 9.17) is 16.6 Å². The zero-order chi connectivity index (χ0) is 22.1. The van der Waals surface area contributed by atoms with Gasteiger partial charge < -0.3 is 24.1 Å². The highest BCUT2D eigenvalue weighted by Crippen LogP contribution is 2.42. The van der Waals surface area contributed by atoms with Crippen LogP contribution in [0.25, 0.3) is 0 Å². The molecule has 0 aliphatic carbocycles. The highest BCUT2D eigenvalue weighted by Gasteiger charge is 2.42. The van der Waals surface area contributed by atoms with Crippen molar-refractivity contribution in [2.75, 3.05) is 23.9 Å². The number of aromatic nitrogens is 2.